The van der Waals surface area contributed by atoms with Crippen molar-refractivity contribution in [3.63, 3.8) is 0 Å². The second-order valence-electron chi connectivity index (χ2n) is 4.66. The quantitative estimate of drug-likeness (QED) is 0.495. The van der Waals surface area contributed by atoms with E-state index >= 15 is 0 Å². The van der Waals surface area contributed by atoms with E-state index in [1.807, 2.05) is 31.2 Å². The zero-order valence-electron chi connectivity index (χ0n) is 11.4. The first-order valence-electron chi connectivity index (χ1n) is 6.61. The van der Waals surface area contributed by atoms with Gasteiger partial charge in [0.2, 0.25) is 0 Å². The Balaban J connectivity index is 1.78. The number of hydrogen-bond acceptors (Lipinski definition) is 3. The standard InChI is InChI=1S/C14H18BrN3OS/c1-10(11-4-6-12(15)7-5-11)17-18-14(20)16-9-13-3-2-8-19-13/h4-7,13H,2-3,8-9H2,1H3,(H2,16,18,20). The summed E-state index contributed by atoms with van der Waals surface area (Å²) in [6, 6.07) is 7.99. The maximum atomic E-state index is 5.52. The van der Waals surface area contributed by atoms with Gasteiger partial charge >= 0.3 is 0 Å². The van der Waals surface area contributed by atoms with Gasteiger partial charge in [0.05, 0.1) is 11.8 Å². The highest BCUT2D eigenvalue weighted by Crippen LogP contribution is 2.11. The van der Waals surface area contributed by atoms with E-state index in [1.54, 1.807) is 0 Å². The lowest BCUT2D eigenvalue weighted by molar-refractivity contribution is 0.114. The van der Waals surface area contributed by atoms with Crippen molar-refractivity contribution in [1.82, 2.24) is 10.7 Å². The van der Waals surface area contributed by atoms with Crippen LogP contribution in [0.3, 0.4) is 0 Å². The maximum Gasteiger partial charge on any atom is 0.187 e. The fourth-order valence-corrected chi connectivity index (χ4v) is 2.33. The van der Waals surface area contributed by atoms with Gasteiger partial charge in [-0.2, -0.15) is 5.10 Å². The van der Waals surface area contributed by atoms with Crippen molar-refractivity contribution in [2.24, 2.45) is 5.10 Å². The van der Waals surface area contributed by atoms with Crippen molar-refractivity contribution < 1.29 is 4.74 Å². The zero-order chi connectivity index (χ0) is 14.4. The van der Waals surface area contributed by atoms with E-state index in [2.05, 4.69) is 31.8 Å². The van der Waals surface area contributed by atoms with Gasteiger partial charge in [0.25, 0.3) is 0 Å². The van der Waals surface area contributed by atoms with Gasteiger partial charge in [-0.15, -0.1) is 0 Å². The molecule has 1 fully saturated rings. The summed E-state index contributed by atoms with van der Waals surface area (Å²) in [5.41, 5.74) is 4.81. The molecule has 0 amide bonds. The highest BCUT2D eigenvalue weighted by atomic mass is 79.9. The van der Waals surface area contributed by atoms with Crippen LogP contribution in [-0.4, -0.2) is 30.1 Å². The first-order valence-corrected chi connectivity index (χ1v) is 7.81. The molecule has 1 atom stereocenters. The summed E-state index contributed by atoms with van der Waals surface area (Å²) in [6.07, 6.45) is 2.50. The molecular formula is C14H18BrN3OS. The third-order valence-corrected chi connectivity index (χ3v) is 3.87. The molecule has 2 rings (SSSR count). The van der Waals surface area contributed by atoms with Crippen LogP contribution in [-0.2, 0) is 4.74 Å². The molecule has 4 nitrogen and oxygen atoms in total. The summed E-state index contributed by atoms with van der Waals surface area (Å²) >= 11 is 8.60. The first-order chi connectivity index (χ1) is 9.65. The average Bonchev–Trinajstić information content (AvgIpc) is 2.96. The SMILES string of the molecule is CC(=NNC(=S)NCC1CCCO1)c1ccc(Br)cc1. The van der Waals surface area contributed by atoms with Crippen molar-refractivity contribution in [1.29, 1.82) is 0 Å². The van der Waals surface area contributed by atoms with Gasteiger partial charge in [0, 0.05) is 17.6 Å². The predicted molar refractivity (Wildman–Crippen MR) is 89.1 cm³/mol. The molecule has 1 unspecified atom stereocenters. The third-order valence-electron chi connectivity index (χ3n) is 3.10. The van der Waals surface area contributed by atoms with Crippen molar-refractivity contribution in [2.75, 3.05) is 13.2 Å². The Morgan fingerprint density at radius 3 is 2.85 bits per heavy atom. The highest BCUT2D eigenvalue weighted by Gasteiger charge is 2.15. The molecule has 1 heterocycles. The van der Waals surface area contributed by atoms with E-state index in [4.69, 9.17) is 17.0 Å². The van der Waals surface area contributed by atoms with Crippen LogP contribution in [0.4, 0.5) is 0 Å². The van der Waals surface area contributed by atoms with Crippen LogP contribution in [0, 0.1) is 0 Å². The van der Waals surface area contributed by atoms with E-state index in [9.17, 15) is 0 Å². The second kappa shape index (κ2) is 7.71. The Labute approximate surface area is 133 Å². The van der Waals surface area contributed by atoms with Gasteiger partial charge in [0.15, 0.2) is 5.11 Å². The summed E-state index contributed by atoms with van der Waals surface area (Å²) in [5, 5.41) is 7.92. The van der Waals surface area contributed by atoms with Crippen LogP contribution in [0.2, 0.25) is 0 Å². The lowest BCUT2D eigenvalue weighted by Gasteiger charge is -2.12. The van der Waals surface area contributed by atoms with Gasteiger partial charge < -0.3 is 10.1 Å². The Morgan fingerprint density at radius 2 is 2.20 bits per heavy atom. The van der Waals surface area contributed by atoms with Crippen LogP contribution in [0.15, 0.2) is 33.8 Å². The van der Waals surface area contributed by atoms with Crippen molar-refractivity contribution in [3.05, 3.63) is 34.3 Å². The van der Waals surface area contributed by atoms with E-state index in [-0.39, 0.29) is 6.10 Å². The Kier molecular flexibility index (Phi) is 5.94. The number of rotatable bonds is 4. The number of nitrogens with one attached hydrogen (secondary N) is 2. The van der Waals surface area contributed by atoms with Crippen LogP contribution in [0.1, 0.15) is 25.3 Å². The molecule has 0 aliphatic carbocycles. The molecule has 1 saturated heterocycles. The van der Waals surface area contributed by atoms with E-state index in [0.29, 0.717) is 5.11 Å². The zero-order valence-corrected chi connectivity index (χ0v) is 13.8. The van der Waals surface area contributed by atoms with Crippen LogP contribution in [0.25, 0.3) is 0 Å². The molecule has 0 aromatic heterocycles. The fourth-order valence-electron chi connectivity index (χ4n) is 1.94. The normalized spacial score (nSPS) is 18.9. The Morgan fingerprint density at radius 1 is 1.45 bits per heavy atom. The first kappa shape index (κ1) is 15.4. The molecule has 1 aromatic rings. The number of ether oxygens (including phenoxy) is 1. The summed E-state index contributed by atoms with van der Waals surface area (Å²) in [7, 11) is 0. The summed E-state index contributed by atoms with van der Waals surface area (Å²) in [5.74, 6) is 0. The highest BCUT2D eigenvalue weighted by molar-refractivity contribution is 9.10. The van der Waals surface area contributed by atoms with E-state index in [0.717, 1.165) is 41.7 Å². The van der Waals surface area contributed by atoms with Crippen LogP contribution in [0.5, 0.6) is 0 Å². The molecule has 0 saturated carbocycles. The topological polar surface area (TPSA) is 45.7 Å². The maximum absolute atomic E-state index is 5.52. The number of halogens is 1. The minimum absolute atomic E-state index is 0.270. The Hall–Kier alpha value is -0.980. The van der Waals surface area contributed by atoms with Gasteiger partial charge in [-0.3, -0.25) is 5.43 Å². The van der Waals surface area contributed by atoms with Crippen LogP contribution >= 0.6 is 28.1 Å². The molecule has 0 bridgehead atoms. The second-order valence-corrected chi connectivity index (χ2v) is 5.98. The molecule has 108 valence electrons. The third kappa shape index (κ3) is 4.85. The molecule has 1 aliphatic heterocycles. The van der Waals surface area contributed by atoms with Crippen LogP contribution < -0.4 is 10.7 Å². The molecular weight excluding hydrogens is 338 g/mol. The molecule has 0 radical (unpaired) electrons. The molecule has 0 spiro atoms. The number of hydrogen-bond donors (Lipinski definition) is 2. The number of thiocarbonyl (C=S) groups is 1. The van der Waals surface area contributed by atoms with Gasteiger partial charge in [-0.05, 0) is 49.7 Å². The van der Waals surface area contributed by atoms with E-state index < -0.39 is 0 Å². The minimum Gasteiger partial charge on any atom is -0.376 e. The smallest absolute Gasteiger partial charge is 0.187 e. The fraction of sp³-hybridized carbons (Fsp3) is 0.429. The number of nitrogens with zero attached hydrogens (tertiary/aromatic N) is 1. The van der Waals surface area contributed by atoms with Crippen molar-refractivity contribution >= 4 is 39.0 Å². The lowest BCUT2D eigenvalue weighted by atomic mass is 10.1. The summed E-state index contributed by atoms with van der Waals surface area (Å²) in [6.45, 7) is 3.53. The molecule has 1 aliphatic rings. The number of hydrazone groups is 1. The number of benzene rings is 1. The predicted octanol–water partition coefficient (Wildman–Crippen LogP) is 2.82. The summed E-state index contributed by atoms with van der Waals surface area (Å²) < 4.78 is 6.57. The van der Waals surface area contributed by atoms with Crippen molar-refractivity contribution in [3.8, 4) is 0 Å². The molecule has 1 aromatic carbocycles. The minimum atomic E-state index is 0.270. The van der Waals surface area contributed by atoms with Gasteiger partial charge in [-0.25, -0.2) is 0 Å². The molecule has 20 heavy (non-hydrogen) atoms. The average molecular weight is 356 g/mol. The van der Waals surface area contributed by atoms with E-state index in [1.165, 1.54) is 0 Å². The van der Waals surface area contributed by atoms with Gasteiger partial charge in [0.1, 0.15) is 0 Å². The largest absolute Gasteiger partial charge is 0.376 e. The van der Waals surface area contributed by atoms with Gasteiger partial charge in [-0.1, -0.05) is 28.1 Å². The summed E-state index contributed by atoms with van der Waals surface area (Å²) in [4.78, 5) is 0. The molecule has 2 N–H and O–H groups in total. The monoisotopic (exact) mass is 355 g/mol. The van der Waals surface area contributed by atoms with Crippen molar-refractivity contribution in [2.45, 2.75) is 25.9 Å². The molecule has 6 heteroatoms. The lowest BCUT2D eigenvalue weighted by Crippen LogP contribution is -2.37. The Bertz CT molecular complexity index is 484.